The van der Waals surface area contributed by atoms with E-state index in [4.69, 9.17) is 19.0 Å². The lowest BCUT2D eigenvalue weighted by Crippen LogP contribution is -2.46. The lowest BCUT2D eigenvalue weighted by molar-refractivity contribution is 0.0857. The molecule has 0 aromatic carbocycles. The van der Waals surface area contributed by atoms with Crippen molar-refractivity contribution < 1.29 is 13.3 Å². The van der Waals surface area contributed by atoms with E-state index in [1.165, 1.54) is 0 Å². The van der Waals surface area contributed by atoms with Crippen molar-refractivity contribution >= 4 is 8.80 Å². The molecule has 0 saturated carbocycles. The van der Waals surface area contributed by atoms with Gasteiger partial charge in [0.2, 0.25) is 0 Å². The van der Waals surface area contributed by atoms with Crippen molar-refractivity contribution in [3.05, 3.63) is 38.0 Å². The largest absolute Gasteiger partial charge is 0.501 e. The molecule has 0 bridgehead atoms. The van der Waals surface area contributed by atoms with Gasteiger partial charge in [0.15, 0.2) is 0 Å². The molecule has 5 heteroatoms. The molecule has 0 aliphatic carbocycles. The van der Waals surface area contributed by atoms with Crippen LogP contribution < -0.4 is 5.73 Å². The lowest BCUT2D eigenvalue weighted by atomic mass is 10.5. The van der Waals surface area contributed by atoms with Crippen LogP contribution >= 0.6 is 0 Å². The Morgan fingerprint density at radius 2 is 1.29 bits per heavy atom. The Hall–Kier alpha value is -0.723. The SMILES string of the molecule is C=CCO[Si](CCCN)(OCC=C)OCC=C. The summed E-state index contributed by atoms with van der Waals surface area (Å²) in [7, 11) is -2.67. The minimum absolute atomic E-state index is 0.408. The maximum absolute atomic E-state index is 5.71. The van der Waals surface area contributed by atoms with E-state index >= 15 is 0 Å². The highest BCUT2D eigenvalue weighted by atomic mass is 28.4. The van der Waals surface area contributed by atoms with Crippen LogP contribution in [0.1, 0.15) is 6.42 Å². The molecule has 0 saturated heterocycles. The van der Waals surface area contributed by atoms with Crippen molar-refractivity contribution in [1.29, 1.82) is 0 Å². The average Bonchev–Trinajstić information content (AvgIpc) is 2.37. The van der Waals surface area contributed by atoms with E-state index in [0.717, 1.165) is 6.42 Å². The first-order chi connectivity index (χ1) is 8.24. The minimum Gasteiger partial charge on any atom is -0.370 e. The maximum Gasteiger partial charge on any atom is 0.501 e. The smallest absolute Gasteiger partial charge is 0.370 e. The summed E-state index contributed by atoms with van der Waals surface area (Å²) in [4.78, 5) is 0. The third-order valence-corrected chi connectivity index (χ3v) is 4.74. The van der Waals surface area contributed by atoms with E-state index in [0.29, 0.717) is 32.4 Å². The van der Waals surface area contributed by atoms with Gasteiger partial charge in [-0.1, -0.05) is 18.2 Å². The molecule has 0 unspecified atom stereocenters. The third kappa shape index (κ3) is 7.25. The fourth-order valence-corrected chi connectivity index (χ4v) is 3.65. The van der Waals surface area contributed by atoms with Gasteiger partial charge in [0.05, 0.1) is 19.8 Å². The molecule has 0 fully saturated rings. The van der Waals surface area contributed by atoms with E-state index < -0.39 is 8.80 Å². The highest BCUT2D eigenvalue weighted by Gasteiger charge is 2.39. The number of hydrogen-bond acceptors (Lipinski definition) is 4. The fourth-order valence-electron chi connectivity index (χ4n) is 1.22. The Kier molecular flexibility index (Phi) is 9.99. The second kappa shape index (κ2) is 10.4. The van der Waals surface area contributed by atoms with Gasteiger partial charge in [-0.3, -0.25) is 0 Å². The molecule has 0 aliphatic rings. The first-order valence-corrected chi connectivity index (χ1v) is 7.62. The topological polar surface area (TPSA) is 53.7 Å². The van der Waals surface area contributed by atoms with E-state index in [-0.39, 0.29) is 0 Å². The molecule has 0 amide bonds. The minimum atomic E-state index is -2.67. The summed E-state index contributed by atoms with van der Waals surface area (Å²) < 4.78 is 17.1. The molecule has 98 valence electrons. The quantitative estimate of drug-likeness (QED) is 0.428. The summed E-state index contributed by atoms with van der Waals surface area (Å²) >= 11 is 0. The van der Waals surface area contributed by atoms with Gasteiger partial charge < -0.3 is 19.0 Å². The monoisotopic (exact) mass is 257 g/mol. The molecule has 17 heavy (non-hydrogen) atoms. The van der Waals surface area contributed by atoms with Crippen molar-refractivity contribution in [2.45, 2.75) is 12.5 Å². The molecule has 0 rings (SSSR count). The first kappa shape index (κ1) is 16.3. The summed E-state index contributed by atoms with van der Waals surface area (Å²) in [5, 5.41) is 0. The zero-order valence-electron chi connectivity index (χ0n) is 10.4. The Balaban J connectivity index is 4.54. The summed E-state index contributed by atoms with van der Waals surface area (Å²) in [5.41, 5.74) is 5.52. The van der Waals surface area contributed by atoms with E-state index in [1.807, 2.05) is 0 Å². The standard InChI is InChI=1S/C12H23NO3Si/c1-4-9-14-17(12-7-8-13,15-10-5-2)16-11-6-3/h4-6H,1-3,7-13H2. The summed E-state index contributed by atoms with van der Waals surface area (Å²) in [6, 6.07) is 0.693. The van der Waals surface area contributed by atoms with Crippen LogP contribution in [0.15, 0.2) is 38.0 Å². The maximum atomic E-state index is 5.71. The summed E-state index contributed by atoms with van der Waals surface area (Å²) in [5.74, 6) is 0. The summed E-state index contributed by atoms with van der Waals surface area (Å²) in [6.45, 7) is 12.7. The van der Waals surface area contributed by atoms with E-state index in [2.05, 4.69) is 19.7 Å². The Bertz CT molecular complexity index is 203. The molecule has 0 atom stereocenters. The molecular formula is C12H23NO3Si. The van der Waals surface area contributed by atoms with Crippen LogP contribution in [0.2, 0.25) is 6.04 Å². The van der Waals surface area contributed by atoms with E-state index in [1.54, 1.807) is 18.2 Å². The van der Waals surface area contributed by atoms with Gasteiger partial charge in [-0.05, 0) is 13.0 Å². The molecule has 0 spiro atoms. The second-order valence-corrected chi connectivity index (χ2v) is 6.11. The molecule has 0 radical (unpaired) electrons. The molecule has 0 aliphatic heterocycles. The molecule has 0 heterocycles. The van der Waals surface area contributed by atoms with E-state index in [9.17, 15) is 0 Å². The second-order valence-electron chi connectivity index (χ2n) is 3.37. The predicted molar refractivity (Wildman–Crippen MR) is 72.7 cm³/mol. The number of nitrogens with two attached hydrogens (primary N) is 1. The summed E-state index contributed by atoms with van der Waals surface area (Å²) in [6.07, 6.45) is 5.84. The first-order valence-electron chi connectivity index (χ1n) is 5.69. The van der Waals surface area contributed by atoms with Crippen LogP contribution in [0.5, 0.6) is 0 Å². The molecule has 0 aromatic heterocycles. The molecule has 2 N–H and O–H groups in total. The van der Waals surface area contributed by atoms with Crippen molar-refractivity contribution in [2.75, 3.05) is 26.4 Å². The Labute approximate surface area is 105 Å². The van der Waals surface area contributed by atoms with Gasteiger partial charge in [-0.2, -0.15) is 0 Å². The van der Waals surface area contributed by atoms with Crippen molar-refractivity contribution in [3.63, 3.8) is 0 Å². The van der Waals surface area contributed by atoms with Crippen molar-refractivity contribution in [2.24, 2.45) is 5.73 Å². The normalized spacial score (nSPS) is 11.1. The van der Waals surface area contributed by atoms with Gasteiger partial charge >= 0.3 is 8.80 Å². The van der Waals surface area contributed by atoms with Gasteiger partial charge in [0.25, 0.3) is 0 Å². The predicted octanol–water partition coefficient (Wildman–Crippen LogP) is 1.88. The molecule has 0 aromatic rings. The van der Waals surface area contributed by atoms with Crippen LogP contribution in [-0.2, 0) is 13.3 Å². The van der Waals surface area contributed by atoms with Gasteiger partial charge in [-0.25, -0.2) is 0 Å². The average molecular weight is 257 g/mol. The van der Waals surface area contributed by atoms with Gasteiger partial charge in [0, 0.05) is 6.04 Å². The zero-order valence-corrected chi connectivity index (χ0v) is 11.4. The lowest BCUT2D eigenvalue weighted by Gasteiger charge is -2.28. The van der Waals surface area contributed by atoms with Crippen LogP contribution in [-0.4, -0.2) is 35.2 Å². The van der Waals surface area contributed by atoms with Crippen molar-refractivity contribution in [3.8, 4) is 0 Å². The van der Waals surface area contributed by atoms with Gasteiger partial charge in [0.1, 0.15) is 0 Å². The van der Waals surface area contributed by atoms with Crippen molar-refractivity contribution in [1.82, 2.24) is 0 Å². The Morgan fingerprint density at radius 3 is 1.59 bits per heavy atom. The highest BCUT2D eigenvalue weighted by Crippen LogP contribution is 2.18. The highest BCUT2D eigenvalue weighted by molar-refractivity contribution is 6.60. The van der Waals surface area contributed by atoms with Crippen LogP contribution in [0.3, 0.4) is 0 Å². The van der Waals surface area contributed by atoms with Crippen LogP contribution in [0, 0.1) is 0 Å². The molecule has 4 nitrogen and oxygen atoms in total. The van der Waals surface area contributed by atoms with Gasteiger partial charge in [-0.15, -0.1) is 19.7 Å². The number of rotatable bonds is 12. The zero-order chi connectivity index (χ0) is 13.0. The fraction of sp³-hybridized carbons (Fsp3) is 0.500. The Morgan fingerprint density at radius 1 is 0.882 bits per heavy atom. The van der Waals surface area contributed by atoms with Crippen LogP contribution in [0.4, 0.5) is 0 Å². The third-order valence-electron chi connectivity index (χ3n) is 1.95. The van der Waals surface area contributed by atoms with Crippen LogP contribution in [0.25, 0.3) is 0 Å². The number of hydrogen-bond donors (Lipinski definition) is 1. The molecular weight excluding hydrogens is 234 g/mol.